The lowest BCUT2D eigenvalue weighted by Crippen LogP contribution is -2.14. The van der Waals surface area contributed by atoms with E-state index in [2.05, 4.69) is 6.92 Å². The van der Waals surface area contributed by atoms with Crippen molar-refractivity contribution in [3.8, 4) is 0 Å². The Balaban J connectivity index is 2.03. The Morgan fingerprint density at radius 2 is 1.88 bits per heavy atom. The second-order valence-electron chi connectivity index (χ2n) is 5.04. The second kappa shape index (κ2) is 4.94. The fourth-order valence-corrected chi connectivity index (χ4v) is 2.56. The number of hydrogen-bond donors (Lipinski definition) is 0. The van der Waals surface area contributed by atoms with Gasteiger partial charge in [0.2, 0.25) is 0 Å². The molecule has 0 bridgehead atoms. The maximum atomic E-state index is 13.0. The highest BCUT2D eigenvalue weighted by Gasteiger charge is 2.27. The molecular weight excluding hydrogens is 222 g/mol. The van der Waals surface area contributed by atoms with Crippen molar-refractivity contribution in [1.29, 1.82) is 0 Å². The van der Waals surface area contributed by atoms with Gasteiger partial charge in [0.1, 0.15) is 17.4 Å². The molecule has 0 spiro atoms. The van der Waals surface area contributed by atoms with Gasteiger partial charge in [0.05, 0.1) is 0 Å². The minimum absolute atomic E-state index is 0.0799. The van der Waals surface area contributed by atoms with Crippen molar-refractivity contribution in [2.45, 2.75) is 32.6 Å². The molecule has 1 aliphatic carbocycles. The Kier molecular flexibility index (Phi) is 3.55. The van der Waals surface area contributed by atoms with Gasteiger partial charge in [-0.05, 0) is 42.9 Å². The smallest absolute Gasteiger partial charge is 0.140 e. The maximum absolute atomic E-state index is 13.0. The van der Waals surface area contributed by atoms with Crippen molar-refractivity contribution in [2.24, 2.45) is 11.8 Å². The average Bonchev–Trinajstić information content (AvgIpc) is 2.63. The lowest BCUT2D eigenvalue weighted by molar-refractivity contribution is -0.122. The molecule has 2 atom stereocenters. The molecule has 0 amide bonds. The molecule has 1 saturated carbocycles. The fraction of sp³-hybridized carbons (Fsp3) is 0.500. The Bertz CT molecular complexity index is 408. The first-order valence-electron chi connectivity index (χ1n) is 6.02. The summed E-state index contributed by atoms with van der Waals surface area (Å²) >= 11 is 0. The summed E-state index contributed by atoms with van der Waals surface area (Å²) in [7, 11) is 0. The van der Waals surface area contributed by atoms with Crippen LogP contribution < -0.4 is 0 Å². The van der Waals surface area contributed by atoms with Crippen LogP contribution in [0.1, 0.15) is 31.7 Å². The molecular formula is C14H16F2O. The van der Waals surface area contributed by atoms with E-state index >= 15 is 0 Å². The molecule has 0 N–H and O–H groups in total. The summed E-state index contributed by atoms with van der Waals surface area (Å²) in [6.45, 7) is 2.13. The molecule has 2 unspecified atom stereocenters. The van der Waals surface area contributed by atoms with Crippen LogP contribution in [0.5, 0.6) is 0 Å². The Morgan fingerprint density at radius 1 is 1.24 bits per heavy atom. The zero-order valence-corrected chi connectivity index (χ0v) is 9.88. The van der Waals surface area contributed by atoms with Gasteiger partial charge in [-0.3, -0.25) is 4.79 Å². The molecule has 0 saturated heterocycles. The predicted molar refractivity (Wildman–Crippen MR) is 61.6 cm³/mol. The molecule has 3 heteroatoms. The quantitative estimate of drug-likeness (QED) is 0.787. The van der Waals surface area contributed by atoms with Gasteiger partial charge in [0.25, 0.3) is 0 Å². The molecule has 0 heterocycles. The van der Waals surface area contributed by atoms with Gasteiger partial charge in [-0.1, -0.05) is 6.92 Å². The van der Waals surface area contributed by atoms with Crippen LogP contribution in [0.4, 0.5) is 8.78 Å². The first-order valence-corrected chi connectivity index (χ1v) is 6.02. The molecule has 2 rings (SSSR count). The van der Waals surface area contributed by atoms with E-state index in [0.717, 1.165) is 25.3 Å². The molecule has 0 aromatic heterocycles. The van der Waals surface area contributed by atoms with Gasteiger partial charge in [-0.2, -0.15) is 0 Å². The normalized spacial score (nSPS) is 23.9. The van der Waals surface area contributed by atoms with Crippen LogP contribution in [0.3, 0.4) is 0 Å². The van der Waals surface area contributed by atoms with Gasteiger partial charge in [-0.25, -0.2) is 8.78 Å². The highest BCUT2D eigenvalue weighted by molar-refractivity contribution is 5.83. The van der Waals surface area contributed by atoms with Crippen LogP contribution in [0.2, 0.25) is 0 Å². The summed E-state index contributed by atoms with van der Waals surface area (Å²) in [6.07, 6.45) is 3.05. The number of Topliss-reactive ketones (excluding diaryl/α,β-unsaturated/α-hetero) is 1. The van der Waals surface area contributed by atoms with Gasteiger partial charge in [0, 0.05) is 18.4 Å². The van der Waals surface area contributed by atoms with E-state index in [1.165, 1.54) is 12.1 Å². The van der Waals surface area contributed by atoms with E-state index in [4.69, 9.17) is 0 Å². The first-order chi connectivity index (χ1) is 8.04. The molecule has 17 heavy (non-hydrogen) atoms. The monoisotopic (exact) mass is 238 g/mol. The van der Waals surface area contributed by atoms with Crippen LogP contribution in [0.25, 0.3) is 0 Å². The number of carbonyl (C=O) groups is 1. The molecule has 1 aliphatic rings. The summed E-state index contributed by atoms with van der Waals surface area (Å²) in [5.74, 6) is -0.455. The minimum Gasteiger partial charge on any atom is -0.299 e. The van der Waals surface area contributed by atoms with Crippen molar-refractivity contribution in [3.05, 3.63) is 35.4 Å². The summed E-state index contributed by atoms with van der Waals surface area (Å²) in [6, 6.07) is 3.30. The first kappa shape index (κ1) is 12.2. The van der Waals surface area contributed by atoms with Crippen molar-refractivity contribution in [2.75, 3.05) is 0 Å². The summed E-state index contributed by atoms with van der Waals surface area (Å²) in [5, 5.41) is 0. The minimum atomic E-state index is -0.618. The van der Waals surface area contributed by atoms with Gasteiger partial charge >= 0.3 is 0 Å². The van der Waals surface area contributed by atoms with Crippen LogP contribution in [0.15, 0.2) is 18.2 Å². The number of halogens is 2. The summed E-state index contributed by atoms with van der Waals surface area (Å²) < 4.78 is 25.9. The predicted octanol–water partition coefficient (Wildman–Crippen LogP) is 3.51. The zero-order chi connectivity index (χ0) is 12.4. The largest absolute Gasteiger partial charge is 0.299 e. The van der Waals surface area contributed by atoms with E-state index in [1.807, 2.05) is 0 Å². The van der Waals surface area contributed by atoms with Gasteiger partial charge in [-0.15, -0.1) is 0 Å². The average molecular weight is 238 g/mol. The number of carbonyl (C=O) groups excluding carboxylic acids is 1. The van der Waals surface area contributed by atoms with E-state index in [-0.39, 0.29) is 18.1 Å². The molecule has 1 aromatic rings. The van der Waals surface area contributed by atoms with Crippen LogP contribution in [-0.2, 0) is 11.2 Å². The third kappa shape index (κ3) is 3.11. The third-order valence-electron chi connectivity index (χ3n) is 3.45. The van der Waals surface area contributed by atoms with Gasteiger partial charge in [0.15, 0.2) is 0 Å². The number of ketones is 1. The SMILES string of the molecule is CC1CCC(C(=O)Cc2cc(F)cc(F)c2)C1. The molecule has 92 valence electrons. The van der Waals surface area contributed by atoms with Crippen molar-refractivity contribution in [3.63, 3.8) is 0 Å². The number of benzene rings is 1. The fourth-order valence-electron chi connectivity index (χ4n) is 2.56. The Hall–Kier alpha value is -1.25. The van der Waals surface area contributed by atoms with Crippen LogP contribution >= 0.6 is 0 Å². The lowest BCUT2D eigenvalue weighted by atomic mass is 9.95. The number of rotatable bonds is 3. The van der Waals surface area contributed by atoms with E-state index < -0.39 is 11.6 Å². The molecule has 0 aliphatic heterocycles. The van der Waals surface area contributed by atoms with Crippen molar-refractivity contribution in [1.82, 2.24) is 0 Å². The van der Waals surface area contributed by atoms with Gasteiger partial charge < -0.3 is 0 Å². The van der Waals surface area contributed by atoms with Crippen molar-refractivity contribution < 1.29 is 13.6 Å². The topological polar surface area (TPSA) is 17.1 Å². The summed E-state index contributed by atoms with van der Waals surface area (Å²) in [5.41, 5.74) is 0.437. The van der Waals surface area contributed by atoms with Crippen molar-refractivity contribution >= 4 is 5.78 Å². The second-order valence-corrected chi connectivity index (χ2v) is 5.04. The molecule has 1 fully saturated rings. The Morgan fingerprint density at radius 3 is 2.41 bits per heavy atom. The highest BCUT2D eigenvalue weighted by atomic mass is 19.1. The molecule has 0 radical (unpaired) electrons. The van der Waals surface area contributed by atoms with Crippen LogP contribution in [0, 0.1) is 23.5 Å². The third-order valence-corrected chi connectivity index (χ3v) is 3.45. The van der Waals surface area contributed by atoms with Crippen LogP contribution in [-0.4, -0.2) is 5.78 Å². The zero-order valence-electron chi connectivity index (χ0n) is 9.88. The van der Waals surface area contributed by atoms with E-state index in [0.29, 0.717) is 11.5 Å². The number of hydrogen-bond acceptors (Lipinski definition) is 1. The maximum Gasteiger partial charge on any atom is 0.140 e. The highest BCUT2D eigenvalue weighted by Crippen LogP contribution is 2.31. The summed E-state index contributed by atoms with van der Waals surface area (Å²) in [4.78, 5) is 11.9. The molecule has 1 aromatic carbocycles. The van der Waals surface area contributed by atoms with E-state index in [1.54, 1.807) is 0 Å². The standard InChI is InChI=1S/C14H16F2O/c1-9-2-3-11(4-9)14(17)7-10-5-12(15)8-13(16)6-10/h5-6,8-9,11H,2-4,7H2,1H3. The lowest BCUT2D eigenvalue weighted by Gasteiger charge is -2.08. The Labute approximate surface area is 99.8 Å². The van der Waals surface area contributed by atoms with E-state index in [9.17, 15) is 13.6 Å². The molecule has 1 nitrogen and oxygen atoms in total.